The molecular formula is C16H20N4O2S2. The number of amides is 2. The molecule has 1 fully saturated rings. The number of hydrogen-bond donors (Lipinski definition) is 3. The van der Waals surface area contributed by atoms with Crippen LogP contribution < -0.4 is 20.7 Å². The number of benzene rings is 1. The monoisotopic (exact) mass is 364 g/mol. The van der Waals surface area contributed by atoms with Crippen LogP contribution in [0.1, 0.15) is 18.4 Å². The van der Waals surface area contributed by atoms with E-state index in [-0.39, 0.29) is 10.9 Å². The molecule has 3 heterocycles. The zero-order chi connectivity index (χ0) is 16.6. The van der Waals surface area contributed by atoms with Gasteiger partial charge in [0.15, 0.2) is 5.13 Å². The van der Waals surface area contributed by atoms with E-state index in [4.69, 9.17) is 4.74 Å². The summed E-state index contributed by atoms with van der Waals surface area (Å²) in [6.07, 6.45) is 4.77. The highest BCUT2D eigenvalue weighted by Crippen LogP contribution is 2.36. The molecule has 3 N–H and O–H groups in total. The molecule has 1 aromatic heterocycles. The van der Waals surface area contributed by atoms with Gasteiger partial charge in [0.1, 0.15) is 5.75 Å². The Morgan fingerprint density at radius 2 is 2.25 bits per heavy atom. The standard InChI is InChI=1S/C16H20N4O2S2/c1-23-16(5-7-17-8-6-16)20-14(21)19-15-18-13-10-4-9-22-11(10)2-3-12(13)24-15/h2-3,17H,4-9H2,1H3,(H2,18,19,20,21). The lowest BCUT2D eigenvalue weighted by Gasteiger charge is -2.36. The number of urea groups is 1. The number of aromatic nitrogens is 1. The molecule has 8 heteroatoms. The molecule has 0 bridgehead atoms. The molecule has 1 saturated heterocycles. The molecular weight excluding hydrogens is 344 g/mol. The molecule has 2 aliphatic rings. The molecule has 0 atom stereocenters. The van der Waals surface area contributed by atoms with Crippen molar-refractivity contribution in [3.8, 4) is 5.75 Å². The lowest BCUT2D eigenvalue weighted by Crippen LogP contribution is -2.53. The Kier molecular flexibility index (Phi) is 4.28. The van der Waals surface area contributed by atoms with Crippen molar-refractivity contribution in [2.45, 2.75) is 24.1 Å². The molecule has 0 aliphatic carbocycles. The lowest BCUT2D eigenvalue weighted by molar-refractivity contribution is 0.241. The lowest BCUT2D eigenvalue weighted by atomic mass is 10.1. The third-order valence-electron chi connectivity index (χ3n) is 4.60. The Hall–Kier alpha value is -1.51. The predicted octanol–water partition coefficient (Wildman–Crippen LogP) is 2.80. The van der Waals surface area contributed by atoms with Crippen LogP contribution >= 0.6 is 23.1 Å². The van der Waals surface area contributed by atoms with E-state index in [0.717, 1.165) is 53.9 Å². The highest BCUT2D eigenvalue weighted by Gasteiger charge is 2.32. The van der Waals surface area contributed by atoms with E-state index in [0.29, 0.717) is 11.7 Å². The number of carbonyl (C=O) groups excluding carboxylic acids is 1. The van der Waals surface area contributed by atoms with Crippen molar-refractivity contribution in [1.29, 1.82) is 0 Å². The van der Waals surface area contributed by atoms with Crippen LogP contribution in [0.15, 0.2) is 12.1 Å². The summed E-state index contributed by atoms with van der Waals surface area (Å²) in [6, 6.07) is 3.82. The zero-order valence-corrected chi connectivity index (χ0v) is 15.1. The van der Waals surface area contributed by atoms with Crippen LogP contribution in [0.2, 0.25) is 0 Å². The molecule has 0 saturated carbocycles. The predicted molar refractivity (Wildman–Crippen MR) is 99.3 cm³/mol. The number of nitrogens with zero attached hydrogens (tertiary/aromatic N) is 1. The number of thiazole rings is 1. The summed E-state index contributed by atoms with van der Waals surface area (Å²) in [5.41, 5.74) is 2.10. The van der Waals surface area contributed by atoms with Gasteiger partial charge in [-0.1, -0.05) is 11.3 Å². The minimum Gasteiger partial charge on any atom is -0.493 e. The largest absolute Gasteiger partial charge is 0.493 e. The fourth-order valence-electron chi connectivity index (χ4n) is 3.27. The molecule has 24 heavy (non-hydrogen) atoms. The Balaban J connectivity index is 1.50. The quantitative estimate of drug-likeness (QED) is 0.730. The highest BCUT2D eigenvalue weighted by molar-refractivity contribution is 7.99. The first-order valence-electron chi connectivity index (χ1n) is 8.09. The van der Waals surface area contributed by atoms with Crippen molar-refractivity contribution in [2.75, 3.05) is 31.3 Å². The van der Waals surface area contributed by atoms with Gasteiger partial charge in [-0.2, -0.15) is 0 Å². The first-order chi connectivity index (χ1) is 11.7. The van der Waals surface area contributed by atoms with Crippen molar-refractivity contribution in [3.63, 3.8) is 0 Å². The molecule has 0 spiro atoms. The van der Waals surface area contributed by atoms with E-state index < -0.39 is 0 Å². The van der Waals surface area contributed by atoms with Gasteiger partial charge >= 0.3 is 6.03 Å². The van der Waals surface area contributed by atoms with E-state index in [1.807, 2.05) is 18.4 Å². The smallest absolute Gasteiger partial charge is 0.322 e. The molecule has 6 nitrogen and oxygen atoms in total. The van der Waals surface area contributed by atoms with Crippen molar-refractivity contribution in [1.82, 2.24) is 15.6 Å². The Morgan fingerprint density at radius 1 is 1.42 bits per heavy atom. The van der Waals surface area contributed by atoms with Gasteiger partial charge in [-0.15, -0.1) is 11.8 Å². The highest BCUT2D eigenvalue weighted by atomic mass is 32.2. The number of carbonyl (C=O) groups is 1. The Bertz CT molecular complexity index is 771. The number of thioether (sulfide) groups is 1. The number of rotatable bonds is 3. The summed E-state index contributed by atoms with van der Waals surface area (Å²) in [5, 5.41) is 10.0. The van der Waals surface area contributed by atoms with E-state index in [1.54, 1.807) is 11.8 Å². The summed E-state index contributed by atoms with van der Waals surface area (Å²) in [4.78, 5) is 16.9. The number of nitrogens with one attached hydrogen (secondary N) is 3. The maximum atomic E-state index is 12.4. The third-order valence-corrected chi connectivity index (χ3v) is 6.82. The van der Waals surface area contributed by atoms with Crippen LogP contribution in [0.3, 0.4) is 0 Å². The molecule has 2 amide bonds. The average molecular weight is 364 g/mol. The second-order valence-electron chi connectivity index (χ2n) is 6.03. The summed E-state index contributed by atoms with van der Waals surface area (Å²) >= 11 is 3.21. The maximum absolute atomic E-state index is 12.4. The summed E-state index contributed by atoms with van der Waals surface area (Å²) in [6.45, 7) is 2.56. The van der Waals surface area contributed by atoms with Gasteiger partial charge in [-0.25, -0.2) is 9.78 Å². The van der Waals surface area contributed by atoms with Gasteiger partial charge in [0, 0.05) is 12.0 Å². The number of piperidine rings is 1. The van der Waals surface area contributed by atoms with Crippen LogP contribution in [-0.2, 0) is 6.42 Å². The van der Waals surface area contributed by atoms with Gasteiger partial charge in [-0.05, 0) is 44.3 Å². The summed E-state index contributed by atoms with van der Waals surface area (Å²) in [5.74, 6) is 0.917. The number of anilines is 1. The fraction of sp³-hybridized carbons (Fsp3) is 0.500. The molecule has 128 valence electrons. The third kappa shape index (κ3) is 2.94. The minimum absolute atomic E-state index is 0.182. The molecule has 4 rings (SSSR count). The SMILES string of the molecule is CSC1(NC(=O)Nc2nc3c4c(ccc3s2)OCC4)CCNCC1. The molecule has 0 unspecified atom stereocenters. The second-order valence-corrected chi connectivity index (χ2v) is 8.25. The van der Waals surface area contributed by atoms with E-state index >= 15 is 0 Å². The van der Waals surface area contributed by atoms with Crippen molar-refractivity contribution in [3.05, 3.63) is 17.7 Å². The fourth-order valence-corrected chi connectivity index (χ4v) is 4.97. The topological polar surface area (TPSA) is 75.3 Å². The van der Waals surface area contributed by atoms with Crippen molar-refractivity contribution >= 4 is 44.5 Å². The van der Waals surface area contributed by atoms with Crippen LogP contribution in [0.25, 0.3) is 10.2 Å². The Labute approximate surface area is 148 Å². The van der Waals surface area contributed by atoms with Gasteiger partial charge in [0.25, 0.3) is 0 Å². The van der Waals surface area contributed by atoms with Gasteiger partial charge in [-0.3, -0.25) is 5.32 Å². The first-order valence-corrected chi connectivity index (χ1v) is 10.1. The zero-order valence-electron chi connectivity index (χ0n) is 13.5. The van der Waals surface area contributed by atoms with E-state index in [1.165, 1.54) is 11.3 Å². The normalized spacial score (nSPS) is 18.9. The average Bonchev–Trinajstić information content (AvgIpc) is 3.20. The van der Waals surface area contributed by atoms with Gasteiger partial charge < -0.3 is 15.4 Å². The molecule has 2 aromatic rings. The first kappa shape index (κ1) is 16.0. The van der Waals surface area contributed by atoms with Crippen molar-refractivity contribution in [2.24, 2.45) is 0 Å². The number of fused-ring (bicyclic) bond motifs is 3. The molecule has 2 aliphatic heterocycles. The number of hydrogen-bond acceptors (Lipinski definition) is 6. The van der Waals surface area contributed by atoms with Crippen LogP contribution in [-0.4, -0.2) is 41.8 Å². The molecule has 0 radical (unpaired) electrons. The Morgan fingerprint density at radius 3 is 3.04 bits per heavy atom. The van der Waals surface area contributed by atoms with E-state index in [9.17, 15) is 4.79 Å². The van der Waals surface area contributed by atoms with Crippen LogP contribution in [0.5, 0.6) is 5.75 Å². The summed E-state index contributed by atoms with van der Waals surface area (Å²) < 4.78 is 6.66. The minimum atomic E-state index is -0.193. The maximum Gasteiger partial charge on any atom is 0.322 e. The van der Waals surface area contributed by atoms with Gasteiger partial charge in [0.05, 0.1) is 21.7 Å². The van der Waals surface area contributed by atoms with Gasteiger partial charge in [0.2, 0.25) is 0 Å². The second kappa shape index (κ2) is 6.42. The van der Waals surface area contributed by atoms with Crippen LogP contribution in [0, 0.1) is 0 Å². The van der Waals surface area contributed by atoms with Crippen molar-refractivity contribution < 1.29 is 9.53 Å². The number of ether oxygens (including phenoxy) is 1. The van der Waals surface area contributed by atoms with E-state index in [2.05, 4.69) is 20.9 Å². The molecule has 1 aromatic carbocycles. The van der Waals surface area contributed by atoms with Crippen LogP contribution in [0.4, 0.5) is 9.93 Å². The summed E-state index contributed by atoms with van der Waals surface area (Å²) in [7, 11) is 0.